The number of aromatic nitrogens is 3. The number of nitrogens with zero attached hydrogens (tertiary/aromatic N) is 3. The molecule has 0 bridgehead atoms. The lowest BCUT2D eigenvalue weighted by molar-refractivity contribution is 0.905. The van der Waals surface area contributed by atoms with Crippen molar-refractivity contribution in [2.75, 3.05) is 17.2 Å². The number of hydrogen-bond acceptors (Lipinski definition) is 6. The van der Waals surface area contributed by atoms with Gasteiger partial charge in [0, 0.05) is 29.6 Å². The second kappa shape index (κ2) is 6.39. The molecule has 0 saturated heterocycles. The van der Waals surface area contributed by atoms with Crippen LogP contribution in [0.3, 0.4) is 0 Å². The molecule has 2 heterocycles. The molecule has 2 aromatic heterocycles. The highest BCUT2D eigenvalue weighted by Crippen LogP contribution is 2.38. The van der Waals surface area contributed by atoms with Crippen LogP contribution >= 0.6 is 11.3 Å². The first-order chi connectivity index (χ1) is 10.2. The van der Waals surface area contributed by atoms with Crippen LogP contribution in [-0.4, -0.2) is 21.5 Å². The quantitative estimate of drug-likeness (QED) is 0.819. The van der Waals surface area contributed by atoms with Crippen LogP contribution in [0.5, 0.6) is 0 Å². The zero-order chi connectivity index (χ0) is 14.7. The second-order valence-electron chi connectivity index (χ2n) is 5.40. The molecular formula is C15H21N5S. The van der Waals surface area contributed by atoms with Crippen LogP contribution in [0.1, 0.15) is 47.8 Å². The van der Waals surface area contributed by atoms with Crippen molar-refractivity contribution in [2.45, 2.75) is 45.6 Å². The van der Waals surface area contributed by atoms with E-state index >= 15 is 0 Å². The lowest BCUT2D eigenvalue weighted by atomic mass is 10.3. The molecular weight excluding hydrogens is 282 g/mol. The summed E-state index contributed by atoms with van der Waals surface area (Å²) in [7, 11) is 0. The average molecular weight is 303 g/mol. The highest BCUT2D eigenvalue weighted by Gasteiger charge is 2.27. The Balaban J connectivity index is 1.71. The van der Waals surface area contributed by atoms with Gasteiger partial charge in [-0.3, -0.25) is 0 Å². The van der Waals surface area contributed by atoms with Gasteiger partial charge >= 0.3 is 0 Å². The van der Waals surface area contributed by atoms with E-state index in [1.165, 1.54) is 17.7 Å². The number of hydrogen-bond donors (Lipinski definition) is 2. The van der Waals surface area contributed by atoms with Gasteiger partial charge in [-0.2, -0.15) is 0 Å². The fourth-order valence-corrected chi connectivity index (χ4v) is 2.82. The summed E-state index contributed by atoms with van der Waals surface area (Å²) in [5, 5.41) is 7.85. The first-order valence-electron chi connectivity index (χ1n) is 7.52. The Kier molecular flexibility index (Phi) is 4.34. The molecule has 0 unspecified atom stereocenters. The molecule has 0 aliphatic heterocycles. The molecule has 2 aromatic rings. The fraction of sp³-hybridized carbons (Fsp3) is 0.533. The van der Waals surface area contributed by atoms with Crippen molar-refractivity contribution in [2.24, 2.45) is 0 Å². The Morgan fingerprint density at radius 3 is 2.62 bits per heavy atom. The third-order valence-electron chi connectivity index (χ3n) is 3.35. The molecule has 3 rings (SSSR count). The van der Waals surface area contributed by atoms with Crippen molar-refractivity contribution >= 4 is 23.0 Å². The monoisotopic (exact) mass is 303 g/mol. The topological polar surface area (TPSA) is 62.7 Å². The van der Waals surface area contributed by atoms with Crippen molar-refractivity contribution in [3.8, 4) is 0 Å². The van der Waals surface area contributed by atoms with Gasteiger partial charge in [-0.1, -0.05) is 6.92 Å². The smallest absolute Gasteiger partial charge is 0.136 e. The van der Waals surface area contributed by atoms with Gasteiger partial charge in [0.25, 0.3) is 0 Å². The highest BCUT2D eigenvalue weighted by atomic mass is 32.1. The van der Waals surface area contributed by atoms with Gasteiger partial charge < -0.3 is 10.6 Å². The Labute approximate surface area is 129 Å². The van der Waals surface area contributed by atoms with Gasteiger partial charge in [-0.15, -0.1) is 11.3 Å². The first kappa shape index (κ1) is 14.3. The van der Waals surface area contributed by atoms with E-state index in [1.807, 2.05) is 19.2 Å². The maximum Gasteiger partial charge on any atom is 0.136 e. The maximum absolute atomic E-state index is 4.65. The lowest BCUT2D eigenvalue weighted by Crippen LogP contribution is -2.08. The molecule has 1 fully saturated rings. The predicted molar refractivity (Wildman–Crippen MR) is 87.0 cm³/mol. The molecule has 0 radical (unpaired) electrons. The third kappa shape index (κ3) is 3.91. The summed E-state index contributed by atoms with van der Waals surface area (Å²) in [6.45, 7) is 5.88. The summed E-state index contributed by atoms with van der Waals surface area (Å²) in [5.41, 5.74) is 0. The highest BCUT2D eigenvalue weighted by molar-refractivity contribution is 7.11. The van der Waals surface area contributed by atoms with Crippen LogP contribution in [0.15, 0.2) is 12.3 Å². The number of thiazole rings is 1. The maximum atomic E-state index is 4.65. The number of nitrogens with one attached hydrogen (secondary N) is 2. The summed E-state index contributed by atoms with van der Waals surface area (Å²) in [6.07, 6.45) is 5.44. The van der Waals surface area contributed by atoms with Gasteiger partial charge in [0.15, 0.2) is 0 Å². The predicted octanol–water partition coefficient (Wildman–Crippen LogP) is 3.55. The number of aryl methyl sites for hydroxylation is 1. The minimum absolute atomic E-state index is 0.555. The molecule has 1 aliphatic carbocycles. The molecule has 112 valence electrons. The zero-order valence-electron chi connectivity index (χ0n) is 12.5. The minimum atomic E-state index is 0.555. The standard InChI is InChI=1S/C15H21N5S/c1-3-6-16-13-7-14(20-15(19-13)11-4-5-11)18-9-12-8-17-10(2)21-12/h7-8,11H,3-6,9H2,1-2H3,(H2,16,18,19,20). The van der Waals surface area contributed by atoms with Crippen LogP contribution in [0, 0.1) is 6.92 Å². The number of anilines is 2. The SMILES string of the molecule is CCCNc1cc(NCc2cnc(C)s2)nc(C2CC2)n1. The van der Waals surface area contributed by atoms with Gasteiger partial charge in [-0.05, 0) is 26.2 Å². The van der Waals surface area contributed by atoms with Crippen LogP contribution < -0.4 is 10.6 Å². The van der Waals surface area contributed by atoms with E-state index in [0.29, 0.717) is 5.92 Å². The molecule has 0 atom stereocenters. The van der Waals surface area contributed by atoms with Crippen LogP contribution in [-0.2, 0) is 6.54 Å². The van der Waals surface area contributed by atoms with Crippen LogP contribution in [0.25, 0.3) is 0 Å². The van der Waals surface area contributed by atoms with E-state index in [4.69, 9.17) is 0 Å². The average Bonchev–Trinajstić information content (AvgIpc) is 3.26. The molecule has 5 nitrogen and oxygen atoms in total. The summed E-state index contributed by atoms with van der Waals surface area (Å²) < 4.78 is 0. The van der Waals surface area contributed by atoms with E-state index < -0.39 is 0 Å². The van der Waals surface area contributed by atoms with Crippen molar-refractivity contribution in [3.05, 3.63) is 28.0 Å². The van der Waals surface area contributed by atoms with Crippen LogP contribution in [0.4, 0.5) is 11.6 Å². The summed E-state index contributed by atoms with van der Waals surface area (Å²) >= 11 is 1.72. The lowest BCUT2D eigenvalue weighted by Gasteiger charge is -2.10. The van der Waals surface area contributed by atoms with Gasteiger partial charge in [0.1, 0.15) is 17.5 Å². The van der Waals surface area contributed by atoms with Crippen molar-refractivity contribution < 1.29 is 0 Å². The first-order valence-corrected chi connectivity index (χ1v) is 8.34. The van der Waals surface area contributed by atoms with Gasteiger partial charge in [-0.25, -0.2) is 15.0 Å². The fourth-order valence-electron chi connectivity index (χ4n) is 2.09. The Morgan fingerprint density at radius 2 is 2.00 bits per heavy atom. The molecule has 1 saturated carbocycles. The third-order valence-corrected chi connectivity index (χ3v) is 4.27. The normalized spacial score (nSPS) is 14.2. The Morgan fingerprint density at radius 1 is 1.24 bits per heavy atom. The molecule has 1 aliphatic rings. The largest absolute Gasteiger partial charge is 0.370 e. The second-order valence-corrected chi connectivity index (χ2v) is 6.72. The van der Waals surface area contributed by atoms with E-state index in [1.54, 1.807) is 11.3 Å². The van der Waals surface area contributed by atoms with Crippen molar-refractivity contribution in [1.29, 1.82) is 0 Å². The molecule has 0 aromatic carbocycles. The van der Waals surface area contributed by atoms with Crippen LogP contribution in [0.2, 0.25) is 0 Å². The van der Waals surface area contributed by atoms with Crippen molar-refractivity contribution in [3.63, 3.8) is 0 Å². The van der Waals surface area contributed by atoms with Gasteiger partial charge in [0.2, 0.25) is 0 Å². The summed E-state index contributed by atoms with van der Waals surface area (Å²) in [5.74, 6) is 3.35. The van der Waals surface area contributed by atoms with Gasteiger partial charge in [0.05, 0.1) is 11.6 Å². The zero-order valence-corrected chi connectivity index (χ0v) is 13.3. The Hall–Kier alpha value is -1.69. The molecule has 21 heavy (non-hydrogen) atoms. The number of rotatable bonds is 7. The van der Waals surface area contributed by atoms with E-state index in [-0.39, 0.29) is 0 Å². The molecule has 6 heteroatoms. The Bertz CT molecular complexity index is 606. The molecule has 2 N–H and O–H groups in total. The minimum Gasteiger partial charge on any atom is -0.370 e. The molecule has 0 amide bonds. The van der Waals surface area contributed by atoms with E-state index in [2.05, 4.69) is 32.5 Å². The van der Waals surface area contributed by atoms with E-state index in [0.717, 1.165) is 42.0 Å². The summed E-state index contributed by atoms with van der Waals surface area (Å²) in [4.78, 5) is 14.8. The molecule has 0 spiro atoms. The summed E-state index contributed by atoms with van der Waals surface area (Å²) in [6, 6.07) is 2.00. The van der Waals surface area contributed by atoms with Crippen molar-refractivity contribution in [1.82, 2.24) is 15.0 Å². The van der Waals surface area contributed by atoms with E-state index in [9.17, 15) is 0 Å².